The van der Waals surface area contributed by atoms with Gasteiger partial charge in [-0.3, -0.25) is 4.79 Å². The molecule has 2 aliphatic carbocycles. The number of halogens is 1. The van der Waals surface area contributed by atoms with Crippen LogP contribution in [0.15, 0.2) is 0 Å². The summed E-state index contributed by atoms with van der Waals surface area (Å²) in [6.07, 6.45) is 5.96. The fourth-order valence-electron chi connectivity index (χ4n) is 2.48. The third-order valence-corrected chi connectivity index (χ3v) is 3.76. The molecule has 0 heterocycles. The molecule has 16 heavy (non-hydrogen) atoms. The van der Waals surface area contributed by atoms with Crippen molar-refractivity contribution in [3.05, 3.63) is 0 Å². The average Bonchev–Trinajstić information content (AvgIpc) is 3.07. The molecule has 0 saturated heterocycles. The summed E-state index contributed by atoms with van der Waals surface area (Å²) in [6.45, 7) is 1.97. The van der Waals surface area contributed by atoms with E-state index in [0.717, 1.165) is 18.3 Å². The highest BCUT2D eigenvalue weighted by Gasteiger charge is 2.45. The normalized spacial score (nSPS) is 21.5. The molecule has 0 radical (unpaired) electrons. The standard InChI is InChI=1S/C12H22N2O.ClH/c1-3-10(13)12(15)14(2)11(8-4-5-8)9-6-7-9;/h8-11H,3-7,13H2,1-2H3;1H/t10-;/m0./s1. The maximum absolute atomic E-state index is 12.0. The number of rotatable bonds is 5. The van der Waals surface area contributed by atoms with E-state index in [1.54, 1.807) is 0 Å². The summed E-state index contributed by atoms with van der Waals surface area (Å²) in [7, 11) is 1.94. The Hall–Kier alpha value is -0.280. The van der Waals surface area contributed by atoms with Crippen molar-refractivity contribution in [1.82, 2.24) is 4.90 Å². The van der Waals surface area contributed by atoms with Gasteiger partial charge in [0.1, 0.15) is 0 Å². The molecular formula is C12H23ClN2O. The largest absolute Gasteiger partial charge is 0.341 e. The molecule has 2 fully saturated rings. The zero-order chi connectivity index (χ0) is 11.0. The summed E-state index contributed by atoms with van der Waals surface area (Å²) in [5.74, 6) is 1.69. The minimum absolute atomic E-state index is 0. The highest BCUT2D eigenvalue weighted by atomic mass is 35.5. The Labute approximate surface area is 104 Å². The van der Waals surface area contributed by atoms with Crippen molar-refractivity contribution in [1.29, 1.82) is 0 Å². The van der Waals surface area contributed by atoms with Gasteiger partial charge in [-0.1, -0.05) is 6.92 Å². The van der Waals surface area contributed by atoms with Crippen LogP contribution in [-0.4, -0.2) is 29.9 Å². The zero-order valence-corrected chi connectivity index (χ0v) is 11.0. The monoisotopic (exact) mass is 246 g/mol. The molecule has 0 bridgehead atoms. The molecule has 0 aromatic carbocycles. The van der Waals surface area contributed by atoms with Crippen molar-refractivity contribution in [2.75, 3.05) is 7.05 Å². The number of hydrogen-bond acceptors (Lipinski definition) is 2. The second kappa shape index (κ2) is 5.37. The molecule has 2 rings (SSSR count). The molecule has 0 spiro atoms. The van der Waals surface area contributed by atoms with Crippen molar-refractivity contribution in [3.63, 3.8) is 0 Å². The van der Waals surface area contributed by atoms with Crippen LogP contribution in [0.1, 0.15) is 39.0 Å². The Morgan fingerprint density at radius 1 is 1.31 bits per heavy atom. The van der Waals surface area contributed by atoms with E-state index in [-0.39, 0.29) is 24.4 Å². The first-order chi connectivity index (χ1) is 7.15. The lowest BCUT2D eigenvalue weighted by molar-refractivity contribution is -0.134. The van der Waals surface area contributed by atoms with E-state index < -0.39 is 0 Å². The van der Waals surface area contributed by atoms with Crippen molar-refractivity contribution < 1.29 is 4.79 Å². The van der Waals surface area contributed by atoms with E-state index in [9.17, 15) is 4.79 Å². The van der Waals surface area contributed by atoms with Gasteiger partial charge in [0.15, 0.2) is 0 Å². The van der Waals surface area contributed by atoms with Gasteiger partial charge in [0.25, 0.3) is 0 Å². The second-order valence-electron chi connectivity index (χ2n) is 5.13. The van der Waals surface area contributed by atoms with Crippen LogP contribution in [-0.2, 0) is 4.79 Å². The molecule has 2 aliphatic rings. The van der Waals surface area contributed by atoms with Gasteiger partial charge in [0, 0.05) is 13.1 Å². The van der Waals surface area contributed by atoms with Crippen molar-refractivity contribution in [2.24, 2.45) is 17.6 Å². The summed E-state index contributed by atoms with van der Waals surface area (Å²) in [4.78, 5) is 13.9. The lowest BCUT2D eigenvalue weighted by Gasteiger charge is -2.30. The van der Waals surface area contributed by atoms with Crippen LogP contribution < -0.4 is 5.73 Å². The predicted octanol–water partition coefficient (Wildman–Crippen LogP) is 1.79. The van der Waals surface area contributed by atoms with Crippen molar-refractivity contribution in [3.8, 4) is 0 Å². The van der Waals surface area contributed by atoms with Gasteiger partial charge < -0.3 is 10.6 Å². The Balaban J connectivity index is 0.00000128. The lowest BCUT2D eigenvalue weighted by Crippen LogP contribution is -2.47. The molecule has 1 atom stereocenters. The van der Waals surface area contributed by atoms with E-state index in [2.05, 4.69) is 0 Å². The van der Waals surface area contributed by atoms with E-state index in [0.29, 0.717) is 6.04 Å². The highest BCUT2D eigenvalue weighted by Crippen LogP contribution is 2.46. The van der Waals surface area contributed by atoms with Gasteiger partial charge >= 0.3 is 0 Å². The summed E-state index contributed by atoms with van der Waals surface area (Å²) < 4.78 is 0. The summed E-state index contributed by atoms with van der Waals surface area (Å²) in [6, 6.07) is 0.199. The minimum Gasteiger partial charge on any atom is -0.341 e. The number of likely N-dealkylation sites (N-methyl/N-ethyl adjacent to an activating group) is 1. The smallest absolute Gasteiger partial charge is 0.239 e. The molecule has 2 N–H and O–H groups in total. The second-order valence-corrected chi connectivity index (χ2v) is 5.13. The summed E-state index contributed by atoms with van der Waals surface area (Å²) in [5.41, 5.74) is 5.81. The van der Waals surface area contributed by atoms with E-state index in [1.165, 1.54) is 25.7 Å². The maximum Gasteiger partial charge on any atom is 0.239 e. The SMILES string of the molecule is CC[C@H](N)C(=O)N(C)C(C1CC1)C1CC1.Cl. The van der Waals surface area contributed by atoms with Crippen LogP contribution in [0.3, 0.4) is 0 Å². The quantitative estimate of drug-likeness (QED) is 0.804. The Morgan fingerprint density at radius 2 is 1.75 bits per heavy atom. The molecular weight excluding hydrogens is 224 g/mol. The third-order valence-electron chi connectivity index (χ3n) is 3.76. The van der Waals surface area contributed by atoms with E-state index >= 15 is 0 Å². The predicted molar refractivity (Wildman–Crippen MR) is 67.5 cm³/mol. The van der Waals surface area contributed by atoms with Gasteiger partial charge in [-0.2, -0.15) is 0 Å². The molecule has 3 nitrogen and oxygen atoms in total. The van der Waals surface area contributed by atoms with Gasteiger partial charge in [-0.15, -0.1) is 12.4 Å². The van der Waals surface area contributed by atoms with Gasteiger partial charge in [0.2, 0.25) is 5.91 Å². The fourth-order valence-corrected chi connectivity index (χ4v) is 2.48. The Kier molecular flexibility index (Phi) is 4.62. The molecule has 1 amide bonds. The summed E-state index contributed by atoms with van der Waals surface area (Å²) in [5, 5.41) is 0. The van der Waals surface area contributed by atoms with Crippen LogP contribution in [0.2, 0.25) is 0 Å². The van der Waals surface area contributed by atoms with E-state index in [1.807, 2.05) is 18.9 Å². The highest BCUT2D eigenvalue weighted by molar-refractivity contribution is 5.85. The number of carbonyl (C=O) groups excluding carboxylic acids is 1. The number of nitrogens with two attached hydrogens (primary N) is 1. The number of amides is 1. The first-order valence-corrected chi connectivity index (χ1v) is 6.17. The topological polar surface area (TPSA) is 46.3 Å². The molecule has 0 unspecified atom stereocenters. The van der Waals surface area contributed by atoms with Crippen LogP contribution >= 0.6 is 12.4 Å². The van der Waals surface area contributed by atoms with Gasteiger partial charge in [0.05, 0.1) is 6.04 Å². The number of nitrogens with zero attached hydrogens (tertiary/aromatic N) is 1. The molecule has 94 valence electrons. The first kappa shape index (κ1) is 13.8. The molecule has 0 aliphatic heterocycles. The van der Waals surface area contributed by atoms with Crippen LogP contribution in [0.25, 0.3) is 0 Å². The van der Waals surface area contributed by atoms with Crippen LogP contribution in [0, 0.1) is 11.8 Å². The van der Waals surface area contributed by atoms with Gasteiger partial charge in [-0.05, 0) is 43.9 Å². The molecule has 2 saturated carbocycles. The minimum atomic E-state index is -0.296. The molecule has 0 aromatic rings. The van der Waals surface area contributed by atoms with Crippen molar-refractivity contribution in [2.45, 2.75) is 51.1 Å². The van der Waals surface area contributed by atoms with Crippen LogP contribution in [0.5, 0.6) is 0 Å². The van der Waals surface area contributed by atoms with Crippen molar-refractivity contribution >= 4 is 18.3 Å². The van der Waals surface area contributed by atoms with Gasteiger partial charge in [-0.25, -0.2) is 0 Å². The number of hydrogen-bond donors (Lipinski definition) is 1. The third kappa shape index (κ3) is 2.89. The Morgan fingerprint density at radius 3 is 2.06 bits per heavy atom. The van der Waals surface area contributed by atoms with Crippen LogP contribution in [0.4, 0.5) is 0 Å². The summed E-state index contributed by atoms with van der Waals surface area (Å²) >= 11 is 0. The lowest BCUT2D eigenvalue weighted by atomic mass is 10.0. The fraction of sp³-hybridized carbons (Fsp3) is 0.917. The first-order valence-electron chi connectivity index (χ1n) is 6.17. The number of carbonyl (C=O) groups is 1. The molecule has 0 aromatic heterocycles. The van der Waals surface area contributed by atoms with E-state index in [4.69, 9.17) is 5.73 Å². The molecule has 4 heteroatoms. The maximum atomic E-state index is 12.0. The zero-order valence-electron chi connectivity index (χ0n) is 10.2. The average molecular weight is 247 g/mol. The Bertz CT molecular complexity index is 239.